The minimum Gasteiger partial charge on any atom is -0.345 e. The minimum absolute atomic E-state index is 0.0344. The van der Waals surface area contributed by atoms with Gasteiger partial charge in [-0.1, -0.05) is 11.3 Å². The molecule has 2 heterocycles. The van der Waals surface area contributed by atoms with Crippen molar-refractivity contribution < 1.29 is 26.3 Å². The number of rotatable bonds is 4. The number of nitrogens with zero attached hydrogens (tertiary/aromatic N) is 3. The molecule has 0 unspecified atom stereocenters. The van der Waals surface area contributed by atoms with Gasteiger partial charge in [-0.15, -0.1) is 10.2 Å². The molecule has 156 valence electrons. The number of aromatic amines is 1. The smallest absolute Gasteiger partial charge is 0.345 e. The van der Waals surface area contributed by atoms with Crippen molar-refractivity contribution in [2.75, 3.05) is 0 Å². The van der Waals surface area contributed by atoms with Crippen LogP contribution in [0, 0.1) is 0 Å². The molecule has 0 amide bonds. The molecule has 2 aromatic carbocycles. The number of alkyl halides is 6. The predicted octanol–water partition coefficient (Wildman–Crippen LogP) is 5.90. The molecule has 0 saturated heterocycles. The van der Waals surface area contributed by atoms with E-state index < -0.39 is 29.0 Å². The van der Waals surface area contributed by atoms with E-state index in [1.54, 1.807) is 18.5 Å². The van der Waals surface area contributed by atoms with Crippen LogP contribution in [0.4, 0.5) is 26.3 Å². The molecule has 0 saturated carbocycles. The van der Waals surface area contributed by atoms with E-state index in [0.29, 0.717) is 28.2 Å². The number of imidazole rings is 1. The van der Waals surface area contributed by atoms with E-state index in [4.69, 9.17) is 0 Å². The fourth-order valence-corrected chi connectivity index (χ4v) is 3.87. The van der Waals surface area contributed by atoms with Crippen LogP contribution in [-0.4, -0.2) is 20.2 Å². The Hall–Kier alpha value is -2.95. The van der Waals surface area contributed by atoms with Crippen LogP contribution in [-0.2, 0) is 25.2 Å². The Balaban J connectivity index is 1.57. The van der Waals surface area contributed by atoms with Gasteiger partial charge in [-0.05, 0) is 48.4 Å². The summed E-state index contributed by atoms with van der Waals surface area (Å²) in [6.07, 6.45) is -8.13. The third kappa shape index (κ3) is 4.16. The first-order chi connectivity index (χ1) is 14.1. The summed E-state index contributed by atoms with van der Waals surface area (Å²) in [6, 6.07) is 6.89. The van der Waals surface area contributed by atoms with Crippen LogP contribution in [0.15, 0.2) is 42.7 Å². The predicted molar refractivity (Wildman–Crippen MR) is 98.9 cm³/mol. The number of aryl methyl sites for hydroxylation is 2. The zero-order chi connectivity index (χ0) is 21.5. The molecule has 0 aliphatic carbocycles. The van der Waals surface area contributed by atoms with Gasteiger partial charge in [0.25, 0.3) is 0 Å². The number of nitrogens with one attached hydrogen (secondary N) is 1. The Labute approximate surface area is 169 Å². The fraction of sp³-hybridized carbons (Fsp3) is 0.211. The van der Waals surface area contributed by atoms with Crippen LogP contribution < -0.4 is 0 Å². The number of halogens is 6. The van der Waals surface area contributed by atoms with Crippen LogP contribution in [0.1, 0.15) is 21.7 Å². The van der Waals surface area contributed by atoms with Gasteiger partial charge < -0.3 is 4.98 Å². The summed E-state index contributed by atoms with van der Waals surface area (Å²) in [4.78, 5) is 7.11. The molecule has 30 heavy (non-hydrogen) atoms. The molecule has 0 spiro atoms. The lowest BCUT2D eigenvalue weighted by Crippen LogP contribution is -2.13. The summed E-state index contributed by atoms with van der Waals surface area (Å²) in [6.45, 7) is 0. The van der Waals surface area contributed by atoms with E-state index in [1.165, 1.54) is 11.3 Å². The van der Waals surface area contributed by atoms with E-state index in [9.17, 15) is 26.3 Å². The molecule has 0 aliphatic rings. The lowest BCUT2D eigenvalue weighted by atomic mass is 9.99. The summed E-state index contributed by atoms with van der Waals surface area (Å²) >= 11 is 1.18. The summed E-state index contributed by atoms with van der Waals surface area (Å²) in [5.74, 6) is 0. The minimum atomic E-state index is -4.75. The van der Waals surface area contributed by atoms with Crippen molar-refractivity contribution >= 4 is 22.4 Å². The lowest BCUT2D eigenvalue weighted by Gasteiger charge is -2.15. The van der Waals surface area contributed by atoms with Gasteiger partial charge in [0.05, 0.1) is 28.5 Å². The Bertz CT molecular complexity index is 1190. The van der Waals surface area contributed by atoms with Gasteiger partial charge in [-0.25, -0.2) is 4.98 Å². The maximum Gasteiger partial charge on any atom is 0.416 e. The third-order valence-electron chi connectivity index (χ3n) is 4.48. The van der Waals surface area contributed by atoms with Crippen molar-refractivity contribution in [3.8, 4) is 10.6 Å². The summed E-state index contributed by atoms with van der Waals surface area (Å²) in [7, 11) is 0. The molecular weight excluding hydrogens is 430 g/mol. The van der Waals surface area contributed by atoms with Crippen LogP contribution in [0.25, 0.3) is 21.6 Å². The van der Waals surface area contributed by atoms with Crippen LogP contribution >= 0.6 is 11.3 Å². The van der Waals surface area contributed by atoms with Crippen molar-refractivity contribution in [3.63, 3.8) is 0 Å². The molecular formula is C19H12F6N4S. The zero-order valence-corrected chi connectivity index (χ0v) is 15.8. The van der Waals surface area contributed by atoms with Gasteiger partial charge in [0, 0.05) is 12.0 Å². The van der Waals surface area contributed by atoms with Crippen LogP contribution in [0.3, 0.4) is 0 Å². The highest BCUT2D eigenvalue weighted by atomic mass is 32.1. The highest BCUT2D eigenvalue weighted by Gasteiger charge is 2.36. The van der Waals surface area contributed by atoms with Crippen LogP contribution in [0.2, 0.25) is 0 Å². The number of hydrogen-bond acceptors (Lipinski definition) is 4. The molecule has 0 aliphatic heterocycles. The number of benzene rings is 2. The van der Waals surface area contributed by atoms with E-state index in [-0.39, 0.29) is 12.8 Å². The lowest BCUT2D eigenvalue weighted by molar-refractivity contribution is -0.141. The first kappa shape index (κ1) is 20.3. The van der Waals surface area contributed by atoms with E-state index in [0.717, 1.165) is 16.6 Å². The first-order valence-corrected chi connectivity index (χ1v) is 9.46. The van der Waals surface area contributed by atoms with Crippen molar-refractivity contribution in [1.82, 2.24) is 20.2 Å². The molecule has 11 heteroatoms. The number of aromatic nitrogens is 4. The normalized spacial score (nSPS) is 12.6. The molecule has 1 N–H and O–H groups in total. The topological polar surface area (TPSA) is 54.5 Å². The van der Waals surface area contributed by atoms with Crippen molar-refractivity contribution in [3.05, 3.63) is 64.4 Å². The molecule has 0 fully saturated rings. The number of H-pyrrole nitrogens is 1. The maximum absolute atomic E-state index is 13.2. The van der Waals surface area contributed by atoms with Crippen LogP contribution in [0.5, 0.6) is 0 Å². The molecule has 2 aromatic heterocycles. The SMILES string of the molecule is FC(F)(F)c1ccc(C(F)(F)F)c(CCc2nnc(-c3ccc4[nH]cnc4c3)s2)c1. The summed E-state index contributed by atoms with van der Waals surface area (Å²) in [5, 5.41) is 9.00. The second-order valence-electron chi connectivity index (χ2n) is 6.50. The summed E-state index contributed by atoms with van der Waals surface area (Å²) in [5.41, 5.74) is -0.309. The molecule has 4 rings (SSSR count). The monoisotopic (exact) mass is 442 g/mol. The molecule has 0 bridgehead atoms. The average Bonchev–Trinajstić information content (AvgIpc) is 3.33. The first-order valence-electron chi connectivity index (χ1n) is 8.64. The number of fused-ring (bicyclic) bond motifs is 1. The van der Waals surface area contributed by atoms with E-state index in [2.05, 4.69) is 20.2 Å². The highest BCUT2D eigenvalue weighted by Crippen LogP contribution is 2.37. The van der Waals surface area contributed by atoms with Gasteiger partial charge >= 0.3 is 12.4 Å². The quantitative estimate of drug-likeness (QED) is 0.400. The third-order valence-corrected chi connectivity index (χ3v) is 5.51. The molecule has 4 aromatic rings. The van der Waals surface area contributed by atoms with E-state index >= 15 is 0 Å². The summed E-state index contributed by atoms with van der Waals surface area (Å²) < 4.78 is 78.4. The van der Waals surface area contributed by atoms with Crippen molar-refractivity contribution in [2.45, 2.75) is 25.2 Å². The number of hydrogen-bond donors (Lipinski definition) is 1. The Morgan fingerprint density at radius 3 is 2.40 bits per heavy atom. The van der Waals surface area contributed by atoms with Gasteiger partial charge in [-0.3, -0.25) is 0 Å². The Morgan fingerprint density at radius 2 is 1.67 bits per heavy atom. The van der Waals surface area contributed by atoms with Crippen molar-refractivity contribution in [1.29, 1.82) is 0 Å². The van der Waals surface area contributed by atoms with Gasteiger partial charge in [-0.2, -0.15) is 26.3 Å². The van der Waals surface area contributed by atoms with Gasteiger partial charge in [0.2, 0.25) is 0 Å². The van der Waals surface area contributed by atoms with Gasteiger partial charge in [0.1, 0.15) is 10.0 Å². The standard InChI is InChI=1S/C19H12F6N4S/c20-18(21,22)12-3-4-13(19(23,24)25)10(7-12)2-6-16-28-29-17(30-16)11-1-5-14-15(8-11)27-9-26-14/h1,3-5,7-9H,2,6H2,(H,26,27). The van der Waals surface area contributed by atoms with E-state index in [1.807, 2.05) is 6.07 Å². The average molecular weight is 442 g/mol. The molecule has 0 radical (unpaired) electrons. The van der Waals surface area contributed by atoms with Crippen molar-refractivity contribution in [2.24, 2.45) is 0 Å². The zero-order valence-electron chi connectivity index (χ0n) is 15.0. The molecule has 4 nitrogen and oxygen atoms in total. The second kappa shape index (κ2) is 7.38. The Kier molecular flexibility index (Phi) is 5.00. The highest BCUT2D eigenvalue weighted by molar-refractivity contribution is 7.14. The molecule has 0 atom stereocenters. The van der Waals surface area contributed by atoms with Gasteiger partial charge in [0.15, 0.2) is 0 Å². The second-order valence-corrected chi connectivity index (χ2v) is 7.56. The fourth-order valence-electron chi connectivity index (χ4n) is 3.03. The largest absolute Gasteiger partial charge is 0.416 e. The maximum atomic E-state index is 13.2. The Morgan fingerprint density at radius 1 is 0.867 bits per heavy atom.